The lowest BCUT2D eigenvalue weighted by atomic mass is 10.0. The molecule has 0 saturated carbocycles. The summed E-state index contributed by atoms with van der Waals surface area (Å²) in [5.41, 5.74) is 6.65. The summed E-state index contributed by atoms with van der Waals surface area (Å²) in [7, 11) is 3.43. The van der Waals surface area contributed by atoms with Crippen LogP contribution >= 0.6 is 0 Å². The molecule has 0 aliphatic heterocycles. The SMILES string of the molecule is COC(=O)C[C@@H](c1ccccc1)N(C)CCCN. The third-order valence-electron chi connectivity index (χ3n) is 3.02. The molecule has 0 spiro atoms. The zero-order valence-electron chi connectivity index (χ0n) is 11.1. The fraction of sp³-hybridized carbons (Fsp3) is 0.500. The van der Waals surface area contributed by atoms with Crippen LogP contribution in [0, 0.1) is 0 Å². The Hall–Kier alpha value is -1.39. The van der Waals surface area contributed by atoms with E-state index in [4.69, 9.17) is 10.5 Å². The first-order valence-electron chi connectivity index (χ1n) is 6.21. The van der Waals surface area contributed by atoms with Gasteiger partial charge in [0.25, 0.3) is 0 Å². The smallest absolute Gasteiger partial charge is 0.307 e. The second-order valence-corrected chi connectivity index (χ2v) is 4.33. The Labute approximate surface area is 109 Å². The molecule has 0 saturated heterocycles. The molecule has 0 heterocycles. The quantitative estimate of drug-likeness (QED) is 0.746. The second-order valence-electron chi connectivity index (χ2n) is 4.33. The van der Waals surface area contributed by atoms with Gasteiger partial charge in [0.2, 0.25) is 0 Å². The average Bonchev–Trinajstić information content (AvgIpc) is 2.42. The van der Waals surface area contributed by atoms with E-state index >= 15 is 0 Å². The van der Waals surface area contributed by atoms with E-state index in [2.05, 4.69) is 4.90 Å². The van der Waals surface area contributed by atoms with Crippen LogP contribution in [0.2, 0.25) is 0 Å². The van der Waals surface area contributed by atoms with Gasteiger partial charge in [0.15, 0.2) is 0 Å². The monoisotopic (exact) mass is 250 g/mol. The van der Waals surface area contributed by atoms with E-state index < -0.39 is 0 Å². The van der Waals surface area contributed by atoms with E-state index in [9.17, 15) is 4.79 Å². The topological polar surface area (TPSA) is 55.6 Å². The van der Waals surface area contributed by atoms with Crippen molar-refractivity contribution < 1.29 is 9.53 Å². The Balaban J connectivity index is 2.78. The van der Waals surface area contributed by atoms with Crippen LogP contribution in [0.3, 0.4) is 0 Å². The van der Waals surface area contributed by atoms with E-state index in [1.807, 2.05) is 37.4 Å². The minimum Gasteiger partial charge on any atom is -0.469 e. The van der Waals surface area contributed by atoms with Gasteiger partial charge in [-0.3, -0.25) is 9.69 Å². The summed E-state index contributed by atoms with van der Waals surface area (Å²) in [4.78, 5) is 13.7. The van der Waals surface area contributed by atoms with Crippen molar-refractivity contribution in [1.82, 2.24) is 4.90 Å². The highest BCUT2D eigenvalue weighted by Crippen LogP contribution is 2.23. The molecule has 4 heteroatoms. The predicted octanol–water partition coefficient (Wildman–Crippen LogP) is 1.57. The van der Waals surface area contributed by atoms with Gasteiger partial charge in [-0.25, -0.2) is 0 Å². The van der Waals surface area contributed by atoms with Crippen molar-refractivity contribution in [2.24, 2.45) is 5.73 Å². The van der Waals surface area contributed by atoms with Gasteiger partial charge in [-0.2, -0.15) is 0 Å². The molecule has 0 aliphatic rings. The number of carbonyl (C=O) groups excluding carboxylic acids is 1. The molecule has 0 unspecified atom stereocenters. The van der Waals surface area contributed by atoms with Gasteiger partial charge in [0.05, 0.1) is 13.5 Å². The third-order valence-corrected chi connectivity index (χ3v) is 3.02. The van der Waals surface area contributed by atoms with E-state index in [1.54, 1.807) is 0 Å². The molecular formula is C14H22N2O2. The molecule has 0 aromatic heterocycles. The molecule has 1 atom stereocenters. The molecular weight excluding hydrogens is 228 g/mol. The van der Waals surface area contributed by atoms with Crippen LogP contribution in [0.15, 0.2) is 30.3 Å². The summed E-state index contributed by atoms with van der Waals surface area (Å²) >= 11 is 0. The molecule has 100 valence electrons. The largest absolute Gasteiger partial charge is 0.469 e. The van der Waals surface area contributed by atoms with E-state index in [0.717, 1.165) is 18.5 Å². The van der Waals surface area contributed by atoms with E-state index in [1.165, 1.54) is 7.11 Å². The van der Waals surface area contributed by atoms with Crippen LogP contribution in [-0.2, 0) is 9.53 Å². The summed E-state index contributed by atoms with van der Waals surface area (Å²) in [5.74, 6) is -0.191. The third kappa shape index (κ3) is 4.47. The Morgan fingerprint density at radius 3 is 2.61 bits per heavy atom. The van der Waals surface area contributed by atoms with E-state index in [0.29, 0.717) is 13.0 Å². The zero-order chi connectivity index (χ0) is 13.4. The molecule has 0 radical (unpaired) electrons. The molecule has 1 rings (SSSR count). The molecule has 0 fully saturated rings. The fourth-order valence-corrected chi connectivity index (χ4v) is 1.94. The normalized spacial score (nSPS) is 12.4. The fourth-order valence-electron chi connectivity index (χ4n) is 1.94. The summed E-state index contributed by atoms with van der Waals surface area (Å²) in [6.07, 6.45) is 1.28. The zero-order valence-corrected chi connectivity index (χ0v) is 11.1. The van der Waals surface area contributed by atoms with Crippen molar-refractivity contribution in [3.8, 4) is 0 Å². The first-order chi connectivity index (χ1) is 8.69. The van der Waals surface area contributed by atoms with Gasteiger partial charge in [-0.15, -0.1) is 0 Å². The first kappa shape index (κ1) is 14.7. The number of nitrogens with two attached hydrogens (primary N) is 1. The second kappa shape index (κ2) is 7.84. The van der Waals surface area contributed by atoms with Gasteiger partial charge in [-0.1, -0.05) is 30.3 Å². The van der Waals surface area contributed by atoms with Gasteiger partial charge < -0.3 is 10.5 Å². The van der Waals surface area contributed by atoms with Crippen molar-refractivity contribution in [2.75, 3.05) is 27.2 Å². The van der Waals surface area contributed by atoms with Crippen LogP contribution in [0.5, 0.6) is 0 Å². The standard InChI is InChI=1S/C14H22N2O2/c1-16(10-6-9-15)13(11-14(17)18-2)12-7-4-3-5-8-12/h3-5,7-8,13H,6,9-11,15H2,1-2H3/t13-/m0/s1. The Morgan fingerprint density at radius 2 is 2.06 bits per heavy atom. The molecule has 1 aromatic rings. The molecule has 2 N–H and O–H groups in total. The highest BCUT2D eigenvalue weighted by atomic mass is 16.5. The number of hydrogen-bond donors (Lipinski definition) is 1. The maximum atomic E-state index is 11.5. The maximum Gasteiger partial charge on any atom is 0.307 e. The summed E-state index contributed by atoms with van der Waals surface area (Å²) in [6, 6.07) is 10.1. The van der Waals surface area contributed by atoms with Crippen molar-refractivity contribution in [1.29, 1.82) is 0 Å². The van der Waals surface area contributed by atoms with Crippen LogP contribution in [0.1, 0.15) is 24.4 Å². The number of carbonyl (C=O) groups is 1. The lowest BCUT2D eigenvalue weighted by Gasteiger charge is -2.27. The van der Waals surface area contributed by atoms with Gasteiger partial charge >= 0.3 is 5.97 Å². The van der Waals surface area contributed by atoms with Gasteiger partial charge in [0.1, 0.15) is 0 Å². The number of esters is 1. The Bertz CT molecular complexity index is 354. The average molecular weight is 250 g/mol. The van der Waals surface area contributed by atoms with Crippen LogP contribution in [-0.4, -0.2) is 38.1 Å². The number of rotatable bonds is 7. The Morgan fingerprint density at radius 1 is 1.39 bits per heavy atom. The summed E-state index contributed by atoms with van der Waals surface area (Å²) < 4.78 is 4.77. The summed E-state index contributed by atoms with van der Waals surface area (Å²) in [5, 5.41) is 0. The number of ether oxygens (including phenoxy) is 1. The maximum absolute atomic E-state index is 11.5. The number of methoxy groups -OCH3 is 1. The van der Waals surface area contributed by atoms with Crippen molar-refractivity contribution in [3.05, 3.63) is 35.9 Å². The lowest BCUT2D eigenvalue weighted by molar-refractivity contribution is -0.142. The first-order valence-corrected chi connectivity index (χ1v) is 6.21. The highest BCUT2D eigenvalue weighted by Gasteiger charge is 2.20. The van der Waals surface area contributed by atoms with Crippen molar-refractivity contribution >= 4 is 5.97 Å². The molecule has 0 bridgehead atoms. The number of hydrogen-bond acceptors (Lipinski definition) is 4. The van der Waals surface area contributed by atoms with Crippen molar-refractivity contribution in [2.45, 2.75) is 18.9 Å². The molecule has 0 amide bonds. The molecule has 1 aromatic carbocycles. The summed E-state index contributed by atoms with van der Waals surface area (Å²) in [6.45, 7) is 1.52. The number of benzene rings is 1. The van der Waals surface area contributed by atoms with Crippen LogP contribution in [0.25, 0.3) is 0 Å². The van der Waals surface area contributed by atoms with Gasteiger partial charge in [0, 0.05) is 6.04 Å². The van der Waals surface area contributed by atoms with Crippen LogP contribution in [0.4, 0.5) is 0 Å². The van der Waals surface area contributed by atoms with Gasteiger partial charge in [-0.05, 0) is 32.1 Å². The minimum absolute atomic E-state index is 0.0465. The lowest BCUT2D eigenvalue weighted by Crippen LogP contribution is -2.29. The molecule has 18 heavy (non-hydrogen) atoms. The van der Waals surface area contributed by atoms with Crippen molar-refractivity contribution in [3.63, 3.8) is 0 Å². The Kier molecular flexibility index (Phi) is 6.39. The van der Waals surface area contributed by atoms with Crippen LogP contribution < -0.4 is 5.73 Å². The van der Waals surface area contributed by atoms with E-state index in [-0.39, 0.29) is 12.0 Å². The molecule has 0 aliphatic carbocycles. The predicted molar refractivity (Wildman–Crippen MR) is 72.1 cm³/mol. The number of nitrogens with zero attached hydrogens (tertiary/aromatic N) is 1. The highest BCUT2D eigenvalue weighted by molar-refractivity contribution is 5.70. The minimum atomic E-state index is -0.191. The molecule has 4 nitrogen and oxygen atoms in total.